The molecule has 0 aliphatic carbocycles. The Bertz CT molecular complexity index is 569. The third kappa shape index (κ3) is 3.69. The van der Waals surface area contributed by atoms with E-state index in [0.29, 0.717) is 12.3 Å². The number of ether oxygens (including phenoxy) is 1. The summed E-state index contributed by atoms with van der Waals surface area (Å²) in [5, 5.41) is 4.99. The van der Waals surface area contributed by atoms with Crippen LogP contribution in [0, 0.1) is 0 Å². The minimum absolute atomic E-state index is 0.00266. The standard InChI is InChI=1S/C15H18N2O2/c1-11(9-16)17-15(18)10-19-14-7-6-12-4-2-3-5-13(12)8-14/h2-8,11H,9-10,16H2,1H3,(H,17,18). The summed E-state index contributed by atoms with van der Waals surface area (Å²) in [6.45, 7) is 2.28. The first kappa shape index (κ1) is 13.4. The van der Waals surface area contributed by atoms with Gasteiger partial charge in [-0.2, -0.15) is 0 Å². The molecule has 4 heteroatoms. The smallest absolute Gasteiger partial charge is 0.258 e. The Hall–Kier alpha value is -2.07. The van der Waals surface area contributed by atoms with Gasteiger partial charge >= 0.3 is 0 Å². The van der Waals surface area contributed by atoms with E-state index in [1.165, 1.54) is 0 Å². The van der Waals surface area contributed by atoms with Gasteiger partial charge in [-0.25, -0.2) is 0 Å². The molecule has 4 nitrogen and oxygen atoms in total. The predicted molar refractivity (Wildman–Crippen MR) is 76.1 cm³/mol. The zero-order valence-electron chi connectivity index (χ0n) is 10.9. The quantitative estimate of drug-likeness (QED) is 0.857. The molecular formula is C15H18N2O2. The molecule has 2 rings (SSSR count). The van der Waals surface area contributed by atoms with Crippen LogP contribution in [0.15, 0.2) is 42.5 Å². The molecule has 1 unspecified atom stereocenters. The summed E-state index contributed by atoms with van der Waals surface area (Å²) < 4.78 is 5.47. The van der Waals surface area contributed by atoms with Gasteiger partial charge in [-0.05, 0) is 29.8 Å². The fourth-order valence-electron chi connectivity index (χ4n) is 1.78. The summed E-state index contributed by atoms with van der Waals surface area (Å²) in [6.07, 6.45) is 0. The molecule has 0 aliphatic rings. The molecule has 19 heavy (non-hydrogen) atoms. The van der Waals surface area contributed by atoms with Gasteiger partial charge < -0.3 is 15.8 Å². The molecule has 2 aromatic carbocycles. The normalized spacial score (nSPS) is 12.1. The number of amides is 1. The number of fused-ring (bicyclic) bond motifs is 1. The summed E-state index contributed by atoms with van der Waals surface area (Å²) in [6, 6.07) is 13.7. The molecule has 0 aliphatic heterocycles. The Labute approximate surface area is 112 Å². The lowest BCUT2D eigenvalue weighted by molar-refractivity contribution is -0.123. The number of hydrogen-bond acceptors (Lipinski definition) is 3. The highest BCUT2D eigenvalue weighted by atomic mass is 16.5. The maximum Gasteiger partial charge on any atom is 0.258 e. The molecule has 0 heterocycles. The van der Waals surface area contributed by atoms with Gasteiger partial charge in [0.05, 0.1) is 0 Å². The second kappa shape index (κ2) is 6.20. The van der Waals surface area contributed by atoms with E-state index in [2.05, 4.69) is 5.32 Å². The Morgan fingerprint density at radius 3 is 2.74 bits per heavy atom. The van der Waals surface area contributed by atoms with Crippen molar-refractivity contribution < 1.29 is 9.53 Å². The third-order valence-electron chi connectivity index (χ3n) is 2.85. The summed E-state index contributed by atoms with van der Waals surface area (Å²) in [7, 11) is 0. The van der Waals surface area contributed by atoms with Crippen LogP contribution in [0.1, 0.15) is 6.92 Å². The van der Waals surface area contributed by atoms with Crippen LogP contribution in [0.4, 0.5) is 0 Å². The highest BCUT2D eigenvalue weighted by Crippen LogP contribution is 2.20. The van der Waals surface area contributed by atoms with Crippen molar-refractivity contribution in [2.24, 2.45) is 5.73 Å². The van der Waals surface area contributed by atoms with E-state index in [1.54, 1.807) is 0 Å². The van der Waals surface area contributed by atoms with Crippen molar-refractivity contribution in [1.82, 2.24) is 5.32 Å². The Balaban J connectivity index is 1.96. The topological polar surface area (TPSA) is 64.3 Å². The van der Waals surface area contributed by atoms with Gasteiger partial charge in [0.1, 0.15) is 5.75 Å². The molecule has 0 aromatic heterocycles. The average Bonchev–Trinajstić information content (AvgIpc) is 2.44. The van der Waals surface area contributed by atoms with Crippen molar-refractivity contribution >= 4 is 16.7 Å². The van der Waals surface area contributed by atoms with Crippen LogP contribution in [-0.2, 0) is 4.79 Å². The first-order chi connectivity index (χ1) is 9.19. The summed E-state index contributed by atoms with van der Waals surface area (Å²) in [5.74, 6) is 0.528. The highest BCUT2D eigenvalue weighted by molar-refractivity contribution is 5.84. The van der Waals surface area contributed by atoms with Crippen molar-refractivity contribution in [1.29, 1.82) is 0 Å². The number of rotatable bonds is 5. The number of carbonyl (C=O) groups excluding carboxylic acids is 1. The SMILES string of the molecule is CC(CN)NC(=O)COc1ccc2ccccc2c1. The van der Waals surface area contributed by atoms with Crippen LogP contribution in [0.2, 0.25) is 0 Å². The van der Waals surface area contributed by atoms with E-state index in [0.717, 1.165) is 10.8 Å². The number of hydrogen-bond donors (Lipinski definition) is 2. The largest absolute Gasteiger partial charge is 0.484 e. The van der Waals surface area contributed by atoms with E-state index < -0.39 is 0 Å². The summed E-state index contributed by atoms with van der Waals surface area (Å²) in [4.78, 5) is 11.6. The number of benzene rings is 2. The van der Waals surface area contributed by atoms with Crippen LogP contribution >= 0.6 is 0 Å². The lowest BCUT2D eigenvalue weighted by Gasteiger charge is -2.12. The third-order valence-corrected chi connectivity index (χ3v) is 2.85. The minimum Gasteiger partial charge on any atom is -0.484 e. The predicted octanol–water partition coefficient (Wildman–Crippen LogP) is 1.68. The van der Waals surface area contributed by atoms with Crippen molar-refractivity contribution in [3.8, 4) is 5.75 Å². The van der Waals surface area contributed by atoms with Gasteiger partial charge in [0.2, 0.25) is 0 Å². The van der Waals surface area contributed by atoms with E-state index in [1.807, 2.05) is 49.4 Å². The van der Waals surface area contributed by atoms with Crippen LogP contribution < -0.4 is 15.8 Å². The first-order valence-corrected chi connectivity index (χ1v) is 6.30. The zero-order valence-corrected chi connectivity index (χ0v) is 10.9. The van der Waals surface area contributed by atoms with Gasteiger partial charge in [-0.15, -0.1) is 0 Å². The minimum atomic E-state index is -0.161. The van der Waals surface area contributed by atoms with Gasteiger partial charge in [0, 0.05) is 12.6 Å². The molecule has 0 fully saturated rings. The summed E-state index contributed by atoms with van der Waals surface area (Å²) >= 11 is 0. The second-order valence-corrected chi connectivity index (χ2v) is 4.50. The second-order valence-electron chi connectivity index (χ2n) is 4.50. The average molecular weight is 258 g/mol. The van der Waals surface area contributed by atoms with Gasteiger partial charge in [0.15, 0.2) is 6.61 Å². The Morgan fingerprint density at radius 1 is 1.26 bits per heavy atom. The molecule has 100 valence electrons. The molecule has 3 N–H and O–H groups in total. The molecule has 0 spiro atoms. The molecule has 0 saturated carbocycles. The van der Waals surface area contributed by atoms with Crippen molar-refractivity contribution in [2.45, 2.75) is 13.0 Å². The Kier molecular flexibility index (Phi) is 4.36. The molecule has 1 atom stereocenters. The fourth-order valence-corrected chi connectivity index (χ4v) is 1.78. The van der Waals surface area contributed by atoms with Crippen molar-refractivity contribution in [3.63, 3.8) is 0 Å². The van der Waals surface area contributed by atoms with Crippen LogP contribution in [0.3, 0.4) is 0 Å². The highest BCUT2D eigenvalue weighted by Gasteiger charge is 2.06. The molecule has 1 amide bonds. The first-order valence-electron chi connectivity index (χ1n) is 6.30. The summed E-state index contributed by atoms with van der Waals surface area (Å²) in [5.41, 5.74) is 5.43. The maximum atomic E-state index is 11.6. The lowest BCUT2D eigenvalue weighted by atomic mass is 10.1. The number of nitrogens with one attached hydrogen (secondary N) is 1. The van der Waals surface area contributed by atoms with Gasteiger partial charge in [0.25, 0.3) is 5.91 Å². The lowest BCUT2D eigenvalue weighted by Crippen LogP contribution is -2.40. The fraction of sp³-hybridized carbons (Fsp3) is 0.267. The Morgan fingerprint density at radius 2 is 2.00 bits per heavy atom. The number of nitrogens with two attached hydrogens (primary N) is 1. The zero-order chi connectivity index (χ0) is 13.7. The van der Waals surface area contributed by atoms with E-state index >= 15 is 0 Å². The van der Waals surface area contributed by atoms with Gasteiger partial charge in [-0.3, -0.25) is 4.79 Å². The molecule has 2 aromatic rings. The van der Waals surface area contributed by atoms with Crippen LogP contribution in [-0.4, -0.2) is 25.1 Å². The molecular weight excluding hydrogens is 240 g/mol. The molecule has 0 saturated heterocycles. The van der Waals surface area contributed by atoms with Crippen molar-refractivity contribution in [2.75, 3.05) is 13.2 Å². The van der Waals surface area contributed by atoms with Crippen molar-refractivity contribution in [3.05, 3.63) is 42.5 Å². The molecule has 0 radical (unpaired) electrons. The van der Waals surface area contributed by atoms with Crippen LogP contribution in [0.25, 0.3) is 10.8 Å². The van der Waals surface area contributed by atoms with Crippen LogP contribution in [0.5, 0.6) is 5.75 Å². The molecule has 0 bridgehead atoms. The maximum absolute atomic E-state index is 11.6. The van der Waals surface area contributed by atoms with E-state index in [-0.39, 0.29) is 18.6 Å². The number of carbonyl (C=O) groups is 1. The van der Waals surface area contributed by atoms with E-state index in [4.69, 9.17) is 10.5 Å². The van der Waals surface area contributed by atoms with E-state index in [9.17, 15) is 4.79 Å². The van der Waals surface area contributed by atoms with Gasteiger partial charge in [-0.1, -0.05) is 30.3 Å². The monoisotopic (exact) mass is 258 g/mol.